The van der Waals surface area contributed by atoms with Gasteiger partial charge in [-0.2, -0.15) is 19.6 Å². The third-order valence-electron chi connectivity index (χ3n) is 6.50. The molecule has 0 unspecified atom stereocenters. The first-order chi connectivity index (χ1) is 16.1. The van der Waals surface area contributed by atoms with Crippen LogP contribution in [-0.4, -0.2) is 85.0 Å². The second kappa shape index (κ2) is 7.96. The number of H-pyrrole nitrogens is 2. The summed E-state index contributed by atoms with van der Waals surface area (Å²) in [6.07, 6.45) is 7.74. The minimum Gasteiger partial charge on any atom is -0.493 e. The van der Waals surface area contributed by atoms with Crippen LogP contribution in [0.2, 0.25) is 0 Å². The molecule has 1 saturated heterocycles. The number of anilines is 1. The van der Waals surface area contributed by atoms with Gasteiger partial charge in [0.2, 0.25) is 11.8 Å². The summed E-state index contributed by atoms with van der Waals surface area (Å²) in [5, 5.41) is 18.4. The van der Waals surface area contributed by atoms with Gasteiger partial charge in [-0.3, -0.25) is 9.88 Å². The molecule has 4 N–H and O–H groups in total. The lowest BCUT2D eigenvalue weighted by atomic mass is 10.1. The number of aromatic amines is 2. The summed E-state index contributed by atoms with van der Waals surface area (Å²) >= 11 is 0. The highest BCUT2D eigenvalue weighted by atomic mass is 16.5. The predicted molar refractivity (Wildman–Crippen MR) is 119 cm³/mol. The number of ether oxygens (including phenoxy) is 1. The van der Waals surface area contributed by atoms with Crippen LogP contribution in [0.4, 0.5) is 5.95 Å². The molecule has 174 valence electrons. The van der Waals surface area contributed by atoms with E-state index in [0.717, 1.165) is 52.2 Å². The maximum atomic E-state index is 11.5. The Hall–Kier alpha value is -3.25. The third-order valence-corrected chi connectivity index (χ3v) is 6.50. The fourth-order valence-corrected chi connectivity index (χ4v) is 4.23. The molecule has 3 aromatic heterocycles. The normalized spacial score (nSPS) is 21.7. The van der Waals surface area contributed by atoms with Crippen molar-refractivity contribution in [2.45, 2.75) is 31.7 Å². The van der Waals surface area contributed by atoms with Crippen molar-refractivity contribution < 1.29 is 9.84 Å². The average molecular weight is 454 g/mol. The molecular weight excluding hydrogens is 426 g/mol. The van der Waals surface area contributed by atoms with Crippen LogP contribution in [0.15, 0.2) is 16.0 Å². The van der Waals surface area contributed by atoms with Crippen molar-refractivity contribution >= 4 is 17.7 Å². The molecule has 3 fully saturated rings. The van der Waals surface area contributed by atoms with Gasteiger partial charge >= 0.3 is 5.69 Å². The van der Waals surface area contributed by atoms with E-state index in [1.807, 2.05) is 0 Å². The maximum Gasteiger partial charge on any atom is 0.326 e. The molecule has 33 heavy (non-hydrogen) atoms. The van der Waals surface area contributed by atoms with Crippen LogP contribution >= 0.6 is 0 Å². The van der Waals surface area contributed by atoms with Gasteiger partial charge in [-0.05, 0) is 31.8 Å². The summed E-state index contributed by atoms with van der Waals surface area (Å²) in [7, 11) is 0. The zero-order valence-electron chi connectivity index (χ0n) is 18.3. The van der Waals surface area contributed by atoms with Crippen molar-refractivity contribution in [2.24, 2.45) is 10.4 Å². The smallest absolute Gasteiger partial charge is 0.326 e. The van der Waals surface area contributed by atoms with Crippen molar-refractivity contribution in [3.63, 3.8) is 0 Å². The molecule has 3 aliphatic rings. The first kappa shape index (κ1) is 20.4. The van der Waals surface area contributed by atoms with E-state index in [1.165, 1.54) is 12.8 Å². The number of aromatic hydroxyl groups is 1. The van der Waals surface area contributed by atoms with Crippen molar-refractivity contribution in [1.29, 1.82) is 0 Å². The lowest BCUT2D eigenvalue weighted by Gasteiger charge is -2.30. The van der Waals surface area contributed by atoms with Gasteiger partial charge in [-0.25, -0.2) is 9.79 Å². The Morgan fingerprint density at radius 1 is 1.27 bits per heavy atom. The fraction of sp³-hybridized carbons (Fsp3) is 0.571. The van der Waals surface area contributed by atoms with Gasteiger partial charge < -0.3 is 20.1 Å². The zero-order valence-corrected chi connectivity index (χ0v) is 18.3. The van der Waals surface area contributed by atoms with Crippen LogP contribution in [0, 0.1) is 5.41 Å². The lowest BCUT2D eigenvalue weighted by Crippen LogP contribution is -2.41. The van der Waals surface area contributed by atoms with Gasteiger partial charge in [-0.1, -0.05) is 0 Å². The van der Waals surface area contributed by atoms with Gasteiger partial charge in [0.1, 0.15) is 5.69 Å². The van der Waals surface area contributed by atoms with E-state index in [1.54, 1.807) is 16.8 Å². The molecule has 0 amide bonds. The van der Waals surface area contributed by atoms with Gasteiger partial charge in [0.15, 0.2) is 5.65 Å². The standard InChI is InChI=1S/C21H27N9O3/c31-17-15(25-20(32)27-17)9-13-10-23-30-16(13)26-18(28-19(30)24-14-1-2-14)22-11-21(3-4-21)12-29-5-7-33-8-6-29/h9-10,14,31H,1-8,11-12H2,(H,22,24,28)(H2,25,27,32). The third kappa shape index (κ3) is 4.35. The van der Waals surface area contributed by atoms with Crippen LogP contribution in [0.1, 0.15) is 31.4 Å². The van der Waals surface area contributed by atoms with E-state index in [4.69, 9.17) is 14.7 Å². The molecule has 1 aliphatic heterocycles. The molecule has 2 saturated carbocycles. The molecule has 0 radical (unpaired) electrons. The average Bonchev–Trinajstić information content (AvgIpc) is 3.71. The van der Waals surface area contributed by atoms with Crippen LogP contribution in [0.3, 0.4) is 0 Å². The summed E-state index contributed by atoms with van der Waals surface area (Å²) in [4.78, 5) is 32.9. The SMILES string of the molecule is O=c1[nH]c(O)c(C=c2cnn3c(=NC4CC4)nc(NCC4(CN5CCOCC5)CC4)nc23)[nH]1. The molecular formula is C21H27N9O3. The van der Waals surface area contributed by atoms with E-state index in [0.29, 0.717) is 22.4 Å². The topological polar surface area (TPSA) is 149 Å². The van der Waals surface area contributed by atoms with Gasteiger partial charge in [-0.15, -0.1) is 0 Å². The molecule has 0 bridgehead atoms. The van der Waals surface area contributed by atoms with Crippen LogP contribution in [0.5, 0.6) is 5.88 Å². The number of hydrogen-bond donors (Lipinski definition) is 4. The van der Waals surface area contributed by atoms with E-state index < -0.39 is 5.69 Å². The quantitative estimate of drug-likeness (QED) is 0.355. The molecule has 4 heterocycles. The first-order valence-corrected chi connectivity index (χ1v) is 11.4. The fourth-order valence-electron chi connectivity index (χ4n) is 4.23. The van der Waals surface area contributed by atoms with E-state index in [2.05, 4.69) is 30.3 Å². The van der Waals surface area contributed by atoms with Crippen molar-refractivity contribution in [3.8, 4) is 5.88 Å². The first-order valence-electron chi connectivity index (χ1n) is 11.4. The molecule has 6 rings (SSSR count). The summed E-state index contributed by atoms with van der Waals surface area (Å²) in [6, 6.07) is 0.272. The van der Waals surface area contributed by atoms with Crippen LogP contribution in [-0.2, 0) is 4.74 Å². The maximum absolute atomic E-state index is 11.5. The summed E-state index contributed by atoms with van der Waals surface area (Å²) < 4.78 is 7.08. The van der Waals surface area contributed by atoms with Gasteiger partial charge in [0.05, 0.1) is 25.5 Å². The highest BCUT2D eigenvalue weighted by Crippen LogP contribution is 2.46. The Morgan fingerprint density at radius 2 is 2.09 bits per heavy atom. The van der Waals surface area contributed by atoms with Crippen molar-refractivity contribution in [2.75, 3.05) is 44.7 Å². The molecule has 0 atom stereocenters. The molecule has 0 spiro atoms. The Labute approximate surface area is 188 Å². The zero-order chi connectivity index (χ0) is 22.4. The minimum atomic E-state index is -0.480. The number of fused-ring (bicyclic) bond motifs is 1. The van der Waals surface area contributed by atoms with E-state index >= 15 is 0 Å². The Kier molecular flexibility index (Phi) is 4.91. The monoisotopic (exact) mass is 453 g/mol. The minimum absolute atomic E-state index is 0.228. The molecule has 3 aromatic rings. The van der Waals surface area contributed by atoms with E-state index in [9.17, 15) is 9.90 Å². The Morgan fingerprint density at radius 3 is 2.79 bits per heavy atom. The van der Waals surface area contributed by atoms with Crippen molar-refractivity contribution in [1.82, 2.24) is 34.4 Å². The van der Waals surface area contributed by atoms with Gasteiger partial charge in [0.25, 0.3) is 5.62 Å². The largest absolute Gasteiger partial charge is 0.493 e. The molecule has 12 nitrogen and oxygen atoms in total. The predicted octanol–water partition coefficient (Wildman–Crippen LogP) is -1.02. The number of imidazole rings is 1. The highest BCUT2D eigenvalue weighted by molar-refractivity contribution is 5.57. The number of hydrogen-bond acceptors (Lipinski definition) is 9. The second-order valence-corrected chi connectivity index (χ2v) is 9.27. The number of morpholine rings is 1. The molecule has 12 heteroatoms. The lowest BCUT2D eigenvalue weighted by molar-refractivity contribution is 0.0294. The summed E-state index contributed by atoms with van der Waals surface area (Å²) in [5.41, 5.74) is 1.10. The summed E-state index contributed by atoms with van der Waals surface area (Å²) in [5.74, 6) is 0.283. The highest BCUT2D eigenvalue weighted by Gasteiger charge is 2.44. The van der Waals surface area contributed by atoms with Gasteiger partial charge in [0, 0.05) is 36.8 Å². The number of nitrogens with one attached hydrogen (secondary N) is 3. The summed E-state index contributed by atoms with van der Waals surface area (Å²) in [6.45, 7) is 5.42. The van der Waals surface area contributed by atoms with Crippen LogP contribution in [0.25, 0.3) is 11.7 Å². The second-order valence-electron chi connectivity index (χ2n) is 9.27. The molecule has 2 aliphatic carbocycles. The van der Waals surface area contributed by atoms with E-state index in [-0.39, 0.29) is 23.0 Å². The number of aromatic nitrogens is 6. The number of nitrogens with zero attached hydrogens (tertiary/aromatic N) is 6. The molecule has 0 aromatic carbocycles. The Bertz CT molecular complexity index is 1340. The van der Waals surface area contributed by atoms with Crippen molar-refractivity contribution in [3.05, 3.63) is 33.2 Å². The Balaban J connectivity index is 1.31. The number of rotatable bonds is 7. The van der Waals surface area contributed by atoms with Crippen LogP contribution < -0.4 is 21.8 Å².